The number of furan rings is 1. The largest absolute Gasteiger partial charge is 0.493 e. The van der Waals surface area contributed by atoms with E-state index in [0.29, 0.717) is 18.1 Å². The zero-order valence-electron chi connectivity index (χ0n) is 16.7. The normalized spacial score (nSPS) is 11.9. The van der Waals surface area contributed by atoms with Crippen LogP contribution in [0.4, 0.5) is 0 Å². The molecule has 0 aliphatic rings. The second-order valence-corrected chi connectivity index (χ2v) is 8.69. The number of amides is 1. The molecular weight excluding hydrogens is 384 g/mol. The van der Waals surface area contributed by atoms with Gasteiger partial charge in [0.05, 0.1) is 13.7 Å². The summed E-state index contributed by atoms with van der Waals surface area (Å²) in [6.07, 6.45) is 0. The lowest BCUT2D eigenvalue weighted by atomic mass is 10.1. The second kappa shape index (κ2) is 8.66. The highest BCUT2D eigenvalue weighted by Crippen LogP contribution is 2.28. The molecule has 154 valence electrons. The van der Waals surface area contributed by atoms with E-state index in [1.54, 1.807) is 39.0 Å². The predicted molar refractivity (Wildman–Crippen MR) is 104 cm³/mol. The Labute approximate surface area is 165 Å². The van der Waals surface area contributed by atoms with Crippen LogP contribution in [0.25, 0.3) is 0 Å². The predicted octanol–water partition coefficient (Wildman–Crippen LogP) is 2.69. The summed E-state index contributed by atoms with van der Waals surface area (Å²) in [4.78, 5) is 12.3. The van der Waals surface area contributed by atoms with Gasteiger partial charge < -0.3 is 19.2 Å². The fourth-order valence-electron chi connectivity index (χ4n) is 2.41. The van der Waals surface area contributed by atoms with Gasteiger partial charge in [0, 0.05) is 12.1 Å². The second-order valence-electron chi connectivity index (χ2n) is 7.08. The number of methoxy groups -OCH3 is 1. The monoisotopic (exact) mass is 410 g/mol. The molecule has 0 radical (unpaired) electrons. The quantitative estimate of drug-likeness (QED) is 0.693. The van der Waals surface area contributed by atoms with Crippen molar-refractivity contribution in [2.45, 2.75) is 44.9 Å². The van der Waals surface area contributed by atoms with Crippen molar-refractivity contribution in [1.29, 1.82) is 0 Å². The number of rotatable bonds is 8. The van der Waals surface area contributed by atoms with E-state index in [1.807, 2.05) is 6.92 Å². The third-order valence-electron chi connectivity index (χ3n) is 3.49. The smallest absolute Gasteiger partial charge is 0.287 e. The van der Waals surface area contributed by atoms with Gasteiger partial charge in [-0.2, -0.15) is 0 Å². The molecule has 9 heteroatoms. The van der Waals surface area contributed by atoms with E-state index < -0.39 is 21.5 Å². The van der Waals surface area contributed by atoms with Crippen molar-refractivity contribution in [3.05, 3.63) is 41.7 Å². The summed E-state index contributed by atoms with van der Waals surface area (Å²) in [6.45, 7) is 7.75. The van der Waals surface area contributed by atoms with Gasteiger partial charge in [0.2, 0.25) is 5.09 Å². The molecule has 0 bridgehead atoms. The zero-order valence-corrected chi connectivity index (χ0v) is 17.5. The Hall–Kier alpha value is -2.52. The van der Waals surface area contributed by atoms with Crippen LogP contribution in [0.15, 0.2) is 39.8 Å². The number of hydrogen-bond acceptors (Lipinski definition) is 6. The lowest BCUT2D eigenvalue weighted by Gasteiger charge is -2.18. The molecule has 0 aliphatic carbocycles. The Balaban J connectivity index is 2.06. The number of benzene rings is 1. The molecule has 0 aliphatic heterocycles. The fourth-order valence-corrected chi connectivity index (χ4v) is 3.76. The Morgan fingerprint density at radius 2 is 1.86 bits per heavy atom. The third-order valence-corrected chi connectivity index (χ3v) is 5.12. The van der Waals surface area contributed by atoms with Crippen molar-refractivity contribution in [3.63, 3.8) is 0 Å². The third kappa shape index (κ3) is 5.74. The summed E-state index contributed by atoms with van der Waals surface area (Å²) < 4.78 is 43.0. The molecule has 2 rings (SSSR count). The van der Waals surface area contributed by atoms with E-state index in [9.17, 15) is 13.2 Å². The van der Waals surface area contributed by atoms with E-state index >= 15 is 0 Å². The molecule has 2 N–H and O–H groups in total. The van der Waals surface area contributed by atoms with Crippen molar-refractivity contribution in [1.82, 2.24) is 10.0 Å². The van der Waals surface area contributed by atoms with Crippen molar-refractivity contribution >= 4 is 15.9 Å². The first-order valence-corrected chi connectivity index (χ1v) is 10.3. The Kier molecular flexibility index (Phi) is 6.73. The first-order valence-electron chi connectivity index (χ1n) is 8.77. The minimum Gasteiger partial charge on any atom is -0.493 e. The zero-order chi connectivity index (χ0) is 20.9. The molecule has 1 aromatic heterocycles. The van der Waals surface area contributed by atoms with Gasteiger partial charge in [0.25, 0.3) is 15.9 Å². The van der Waals surface area contributed by atoms with Crippen LogP contribution in [-0.2, 0) is 16.6 Å². The highest BCUT2D eigenvalue weighted by atomic mass is 32.2. The van der Waals surface area contributed by atoms with Gasteiger partial charge in [-0.25, -0.2) is 13.1 Å². The van der Waals surface area contributed by atoms with Crippen molar-refractivity contribution in [3.8, 4) is 11.5 Å². The average molecular weight is 410 g/mol. The number of sulfonamides is 1. The molecule has 0 saturated carbocycles. The maximum atomic E-state index is 12.3. The van der Waals surface area contributed by atoms with Crippen LogP contribution in [0.5, 0.6) is 11.5 Å². The number of ether oxygens (including phenoxy) is 2. The van der Waals surface area contributed by atoms with Crippen molar-refractivity contribution in [2.75, 3.05) is 13.7 Å². The maximum Gasteiger partial charge on any atom is 0.287 e. The Morgan fingerprint density at radius 3 is 2.46 bits per heavy atom. The molecule has 0 atom stereocenters. The van der Waals surface area contributed by atoms with E-state index in [-0.39, 0.29) is 17.4 Å². The van der Waals surface area contributed by atoms with Crippen LogP contribution < -0.4 is 19.5 Å². The molecular formula is C19H26N2O6S. The molecule has 1 aromatic carbocycles. The fraction of sp³-hybridized carbons (Fsp3) is 0.421. The van der Waals surface area contributed by atoms with E-state index in [1.165, 1.54) is 19.2 Å². The van der Waals surface area contributed by atoms with Crippen molar-refractivity contribution in [2.24, 2.45) is 0 Å². The first kappa shape index (κ1) is 21.8. The average Bonchev–Trinajstić information content (AvgIpc) is 3.10. The molecule has 28 heavy (non-hydrogen) atoms. The van der Waals surface area contributed by atoms with Gasteiger partial charge in [-0.3, -0.25) is 4.79 Å². The Morgan fingerprint density at radius 1 is 1.14 bits per heavy atom. The van der Waals surface area contributed by atoms with Crippen molar-refractivity contribution < 1.29 is 27.1 Å². The lowest BCUT2D eigenvalue weighted by Crippen LogP contribution is -2.40. The Bertz CT molecular complexity index is 928. The van der Waals surface area contributed by atoms with Gasteiger partial charge in [-0.1, -0.05) is 6.07 Å². The highest BCUT2D eigenvalue weighted by molar-refractivity contribution is 7.89. The summed E-state index contributed by atoms with van der Waals surface area (Å²) in [7, 11) is -2.31. The van der Waals surface area contributed by atoms with Crippen LogP contribution in [0.3, 0.4) is 0 Å². The summed E-state index contributed by atoms with van der Waals surface area (Å²) in [5, 5.41) is 2.38. The van der Waals surface area contributed by atoms with Gasteiger partial charge in [0.1, 0.15) is 0 Å². The van der Waals surface area contributed by atoms with Gasteiger partial charge in [0.15, 0.2) is 17.3 Å². The van der Waals surface area contributed by atoms with Crippen LogP contribution >= 0.6 is 0 Å². The van der Waals surface area contributed by atoms with E-state index in [2.05, 4.69) is 10.0 Å². The molecule has 2 aromatic rings. The van der Waals surface area contributed by atoms with Gasteiger partial charge >= 0.3 is 0 Å². The standard InChI is InChI=1S/C19H26N2O6S/c1-6-26-14-8-7-13(11-16(14)25-5)12-20-18(22)15-9-10-17(27-15)28(23,24)21-19(2,3)4/h7-11,21H,6,12H2,1-5H3,(H,20,22). The molecule has 0 spiro atoms. The summed E-state index contributed by atoms with van der Waals surface area (Å²) in [5.41, 5.74) is 0.128. The number of nitrogens with one attached hydrogen (secondary N) is 2. The number of carbonyl (C=O) groups excluding carboxylic acids is 1. The minimum absolute atomic E-state index is 0.0906. The lowest BCUT2D eigenvalue weighted by molar-refractivity contribution is 0.0917. The highest BCUT2D eigenvalue weighted by Gasteiger charge is 2.26. The van der Waals surface area contributed by atoms with Gasteiger partial charge in [-0.05, 0) is 57.5 Å². The van der Waals surface area contributed by atoms with Crippen LogP contribution in [0.1, 0.15) is 43.8 Å². The topological polar surface area (TPSA) is 107 Å². The van der Waals surface area contributed by atoms with Gasteiger partial charge in [-0.15, -0.1) is 0 Å². The van der Waals surface area contributed by atoms with E-state index in [4.69, 9.17) is 13.9 Å². The molecule has 0 saturated heterocycles. The first-order chi connectivity index (χ1) is 13.1. The summed E-state index contributed by atoms with van der Waals surface area (Å²) >= 11 is 0. The van der Waals surface area contributed by atoms with Crippen LogP contribution in [0.2, 0.25) is 0 Å². The minimum atomic E-state index is -3.84. The van der Waals surface area contributed by atoms with Crippen LogP contribution in [-0.4, -0.2) is 33.6 Å². The number of carbonyl (C=O) groups is 1. The SMILES string of the molecule is CCOc1ccc(CNC(=O)c2ccc(S(=O)(=O)NC(C)(C)C)o2)cc1OC. The molecule has 0 fully saturated rings. The molecule has 1 amide bonds. The maximum absolute atomic E-state index is 12.3. The van der Waals surface area contributed by atoms with E-state index in [0.717, 1.165) is 5.56 Å². The molecule has 0 unspecified atom stereocenters. The molecule has 8 nitrogen and oxygen atoms in total. The van der Waals surface area contributed by atoms with Crippen LogP contribution in [0, 0.1) is 0 Å². The summed E-state index contributed by atoms with van der Waals surface area (Å²) in [5.74, 6) is 0.567. The molecule has 1 heterocycles. The summed E-state index contributed by atoms with van der Waals surface area (Å²) in [6, 6.07) is 7.91. The number of hydrogen-bond donors (Lipinski definition) is 2.